The van der Waals surface area contributed by atoms with Crippen LogP contribution in [-0.4, -0.2) is 25.5 Å². The van der Waals surface area contributed by atoms with Crippen LogP contribution >= 0.6 is 27.5 Å². The fraction of sp³-hybridized carbons (Fsp3) is 0.462. The zero-order valence-corrected chi connectivity index (χ0v) is 14.7. The van der Waals surface area contributed by atoms with E-state index in [0.717, 1.165) is 21.6 Å². The zero-order chi connectivity index (χ0) is 15.7. The van der Waals surface area contributed by atoms with E-state index in [4.69, 9.17) is 11.6 Å². The molecule has 21 heavy (non-hydrogen) atoms. The average Bonchev–Trinajstić information content (AvgIpc) is 2.90. The summed E-state index contributed by atoms with van der Waals surface area (Å²) in [5, 5.41) is 11.8. The van der Waals surface area contributed by atoms with Crippen LogP contribution in [0, 0.1) is 13.8 Å². The number of halogens is 2. The fourth-order valence-electron chi connectivity index (χ4n) is 2.08. The second-order valence-corrected chi connectivity index (χ2v) is 6.09. The van der Waals surface area contributed by atoms with Gasteiger partial charge in [0, 0.05) is 7.05 Å². The molecule has 1 N–H and O–H groups in total. The summed E-state index contributed by atoms with van der Waals surface area (Å²) < 4.78 is 4.28. The number of amides is 1. The van der Waals surface area contributed by atoms with Crippen molar-refractivity contribution in [2.45, 2.75) is 33.4 Å². The highest BCUT2D eigenvalue weighted by Gasteiger charge is 2.20. The first kappa shape index (κ1) is 16.0. The maximum atomic E-state index is 12.3. The summed E-state index contributed by atoms with van der Waals surface area (Å²) in [6, 6.07) is -0.401. The first-order valence-corrected chi connectivity index (χ1v) is 7.65. The normalized spacial score (nSPS) is 12.5. The van der Waals surface area contributed by atoms with Crippen molar-refractivity contribution < 1.29 is 4.79 Å². The molecule has 0 radical (unpaired) electrons. The lowest BCUT2D eigenvalue weighted by Crippen LogP contribution is -2.32. The Morgan fingerprint density at radius 1 is 1.52 bits per heavy atom. The van der Waals surface area contributed by atoms with Crippen molar-refractivity contribution in [3.8, 4) is 0 Å². The molecule has 2 heterocycles. The van der Waals surface area contributed by atoms with E-state index in [1.165, 1.54) is 0 Å². The van der Waals surface area contributed by atoms with Crippen molar-refractivity contribution in [3.63, 3.8) is 0 Å². The Bertz CT molecular complexity index is 659. The number of carbonyl (C=O) groups is 1. The van der Waals surface area contributed by atoms with E-state index in [9.17, 15) is 4.79 Å². The van der Waals surface area contributed by atoms with Crippen LogP contribution in [0.2, 0.25) is 5.02 Å². The van der Waals surface area contributed by atoms with Crippen LogP contribution in [0.25, 0.3) is 0 Å². The number of aromatic nitrogens is 4. The highest BCUT2D eigenvalue weighted by atomic mass is 79.9. The monoisotopic (exact) mass is 373 g/mol. The largest absolute Gasteiger partial charge is 0.349 e. The molecule has 6 nitrogen and oxygen atoms in total. The molecule has 8 heteroatoms. The summed E-state index contributed by atoms with van der Waals surface area (Å²) in [5.41, 5.74) is 2.56. The lowest BCUT2D eigenvalue weighted by molar-refractivity contribution is -0.124. The number of hydrogen-bond acceptors (Lipinski definition) is 3. The summed E-state index contributed by atoms with van der Waals surface area (Å²) in [4.78, 5) is 12.3. The Morgan fingerprint density at radius 3 is 2.67 bits per heavy atom. The van der Waals surface area contributed by atoms with Crippen LogP contribution < -0.4 is 5.32 Å². The number of carbonyl (C=O) groups excluding carboxylic acids is 1. The average molecular weight is 375 g/mol. The summed E-state index contributed by atoms with van der Waals surface area (Å²) in [6.07, 6.45) is 1.56. The van der Waals surface area contributed by atoms with Gasteiger partial charge in [0.05, 0.1) is 39.3 Å². The molecule has 0 saturated carbocycles. The first-order chi connectivity index (χ1) is 9.82. The minimum absolute atomic E-state index is 0.120. The predicted molar refractivity (Wildman–Crippen MR) is 84.2 cm³/mol. The lowest BCUT2D eigenvalue weighted by atomic mass is 10.3. The van der Waals surface area contributed by atoms with Crippen molar-refractivity contribution in [1.29, 1.82) is 0 Å². The minimum Gasteiger partial charge on any atom is -0.349 e. The first-order valence-electron chi connectivity index (χ1n) is 6.48. The van der Waals surface area contributed by atoms with Gasteiger partial charge in [-0.25, -0.2) is 0 Å². The molecule has 0 spiro atoms. The van der Waals surface area contributed by atoms with Gasteiger partial charge >= 0.3 is 0 Å². The summed E-state index contributed by atoms with van der Waals surface area (Å²) >= 11 is 9.48. The van der Waals surface area contributed by atoms with Crippen molar-refractivity contribution in [2.24, 2.45) is 7.05 Å². The molecule has 0 aromatic carbocycles. The second-order valence-electron chi connectivity index (χ2n) is 4.89. The summed E-state index contributed by atoms with van der Waals surface area (Å²) in [5.74, 6) is -0.120. The summed E-state index contributed by atoms with van der Waals surface area (Å²) in [7, 11) is 1.79. The molecule has 2 aromatic heterocycles. The molecular formula is C13H17BrClN5O. The molecule has 0 aliphatic heterocycles. The van der Waals surface area contributed by atoms with Gasteiger partial charge in [-0.1, -0.05) is 11.6 Å². The molecule has 0 aliphatic rings. The minimum atomic E-state index is -0.401. The standard InChI is InChI=1S/C13H17BrClN5O/c1-7-12(14)8(2)20(18-7)9(3)13(21)16-6-11-10(15)5-17-19(11)4/h5,9H,6H2,1-4H3,(H,16,21). The third-order valence-electron chi connectivity index (χ3n) is 3.42. The smallest absolute Gasteiger partial charge is 0.244 e. The van der Waals surface area contributed by atoms with Gasteiger partial charge < -0.3 is 5.32 Å². The highest BCUT2D eigenvalue weighted by molar-refractivity contribution is 9.10. The maximum absolute atomic E-state index is 12.3. The molecule has 1 unspecified atom stereocenters. The topological polar surface area (TPSA) is 64.7 Å². The Kier molecular flexibility index (Phi) is 4.73. The van der Waals surface area contributed by atoms with Gasteiger partial charge in [-0.3, -0.25) is 14.2 Å². The molecule has 1 atom stereocenters. The van der Waals surface area contributed by atoms with Gasteiger partial charge in [-0.05, 0) is 36.7 Å². The second kappa shape index (κ2) is 6.19. The Hall–Kier alpha value is -1.34. The van der Waals surface area contributed by atoms with E-state index in [1.807, 2.05) is 20.8 Å². The Balaban J connectivity index is 2.08. The molecule has 0 saturated heterocycles. The van der Waals surface area contributed by atoms with Crippen LogP contribution in [0.1, 0.15) is 30.0 Å². The van der Waals surface area contributed by atoms with Gasteiger partial charge in [0.25, 0.3) is 0 Å². The number of hydrogen-bond donors (Lipinski definition) is 1. The van der Waals surface area contributed by atoms with Gasteiger partial charge in [-0.15, -0.1) is 0 Å². The molecule has 2 rings (SSSR count). The van der Waals surface area contributed by atoms with E-state index in [0.29, 0.717) is 11.6 Å². The van der Waals surface area contributed by atoms with E-state index < -0.39 is 6.04 Å². The van der Waals surface area contributed by atoms with Crippen LogP contribution in [0.4, 0.5) is 0 Å². The molecule has 114 valence electrons. The molecule has 2 aromatic rings. The van der Waals surface area contributed by atoms with Crippen molar-refractivity contribution in [3.05, 3.63) is 32.8 Å². The van der Waals surface area contributed by atoms with Crippen molar-refractivity contribution in [1.82, 2.24) is 24.9 Å². The van der Waals surface area contributed by atoms with Crippen molar-refractivity contribution >= 4 is 33.4 Å². The number of rotatable bonds is 4. The van der Waals surface area contributed by atoms with Gasteiger partial charge in [0.2, 0.25) is 5.91 Å². The molecule has 1 amide bonds. The number of nitrogens with zero attached hydrogens (tertiary/aromatic N) is 4. The van der Waals surface area contributed by atoms with E-state index >= 15 is 0 Å². The summed E-state index contributed by atoms with van der Waals surface area (Å²) in [6.45, 7) is 5.96. The zero-order valence-electron chi connectivity index (χ0n) is 12.3. The van der Waals surface area contributed by atoms with E-state index in [1.54, 1.807) is 22.6 Å². The SMILES string of the molecule is Cc1nn(C(C)C(=O)NCc2c(Cl)cnn2C)c(C)c1Br. The van der Waals surface area contributed by atoms with Gasteiger partial charge in [0.1, 0.15) is 6.04 Å². The Labute approximate surface area is 136 Å². The number of nitrogens with one attached hydrogen (secondary N) is 1. The van der Waals surface area contributed by atoms with Gasteiger partial charge in [0.15, 0.2) is 0 Å². The maximum Gasteiger partial charge on any atom is 0.244 e. The quantitative estimate of drug-likeness (QED) is 0.894. The van der Waals surface area contributed by atoms with Crippen LogP contribution in [0.5, 0.6) is 0 Å². The molecular weight excluding hydrogens is 358 g/mol. The van der Waals surface area contributed by atoms with Crippen molar-refractivity contribution in [2.75, 3.05) is 0 Å². The highest BCUT2D eigenvalue weighted by Crippen LogP contribution is 2.23. The lowest BCUT2D eigenvalue weighted by Gasteiger charge is -2.14. The third kappa shape index (κ3) is 3.13. The molecule has 0 fully saturated rings. The third-order valence-corrected chi connectivity index (χ3v) is 4.89. The van der Waals surface area contributed by atoms with Crippen LogP contribution in [0.15, 0.2) is 10.7 Å². The molecule has 0 bridgehead atoms. The van der Waals surface area contributed by atoms with Gasteiger partial charge in [-0.2, -0.15) is 10.2 Å². The fourth-order valence-corrected chi connectivity index (χ4v) is 2.58. The molecule has 0 aliphatic carbocycles. The Morgan fingerprint density at radius 2 is 2.19 bits per heavy atom. The van der Waals surface area contributed by atoms with Crippen LogP contribution in [0.3, 0.4) is 0 Å². The van der Waals surface area contributed by atoms with E-state index in [-0.39, 0.29) is 5.91 Å². The predicted octanol–water partition coefficient (Wildman–Crippen LogP) is 2.53. The van der Waals surface area contributed by atoms with E-state index in [2.05, 4.69) is 31.4 Å². The number of aryl methyl sites for hydroxylation is 2. The van der Waals surface area contributed by atoms with Crippen LogP contribution in [-0.2, 0) is 18.4 Å².